The Kier molecular flexibility index (Phi) is 4.01. The fourth-order valence-corrected chi connectivity index (χ4v) is 3.09. The van der Waals surface area contributed by atoms with Crippen LogP contribution in [0.15, 0.2) is 18.2 Å². The van der Waals surface area contributed by atoms with Crippen LogP contribution >= 0.6 is 23.2 Å². The lowest BCUT2D eigenvalue weighted by Crippen LogP contribution is -2.07. The second kappa shape index (κ2) is 5.79. The lowest BCUT2D eigenvalue weighted by molar-refractivity contribution is -0.137. The van der Waals surface area contributed by atoms with Gasteiger partial charge in [-0.15, -0.1) is 0 Å². The first kappa shape index (κ1) is 17.3. The van der Waals surface area contributed by atoms with E-state index in [4.69, 9.17) is 23.2 Å². The number of nitriles is 1. The average Bonchev–Trinajstić information content (AvgIpc) is 2.84. The van der Waals surface area contributed by atoms with Gasteiger partial charge in [0.15, 0.2) is 11.3 Å². The van der Waals surface area contributed by atoms with E-state index in [1.165, 1.54) is 6.07 Å². The number of halogens is 5. The third-order valence-corrected chi connectivity index (χ3v) is 4.06. The molecule has 2 aromatic heterocycles. The first-order chi connectivity index (χ1) is 11.6. The number of hydrogen-bond acceptors (Lipinski definition) is 4. The molecular formula is C15H7Cl2F3N4O. The number of aromatic hydroxyl groups is 1. The fraction of sp³-hybridized carbons (Fsp3) is 0.133. The maximum absolute atomic E-state index is 12.9. The zero-order chi connectivity index (χ0) is 18.5. The molecule has 0 fully saturated rings. The molecule has 0 spiro atoms. The summed E-state index contributed by atoms with van der Waals surface area (Å²) in [6, 6.07) is 4.63. The van der Waals surface area contributed by atoms with Crippen molar-refractivity contribution in [1.82, 2.24) is 14.8 Å². The molecule has 0 aliphatic heterocycles. The minimum atomic E-state index is -4.62. The number of hydrogen-bond donors (Lipinski definition) is 1. The normalized spacial score (nSPS) is 11.7. The Morgan fingerprint density at radius 3 is 2.32 bits per heavy atom. The van der Waals surface area contributed by atoms with Crippen LogP contribution in [0.5, 0.6) is 5.88 Å². The van der Waals surface area contributed by atoms with Crippen LogP contribution in [-0.4, -0.2) is 19.9 Å². The monoisotopic (exact) mass is 386 g/mol. The van der Waals surface area contributed by atoms with Crippen LogP contribution in [0, 0.1) is 18.3 Å². The Morgan fingerprint density at radius 1 is 1.20 bits per heavy atom. The number of aromatic nitrogens is 3. The lowest BCUT2D eigenvalue weighted by atomic mass is 10.1. The molecule has 3 rings (SSSR count). The van der Waals surface area contributed by atoms with Crippen LogP contribution in [0.1, 0.15) is 16.8 Å². The number of benzene rings is 1. The third-order valence-electron chi connectivity index (χ3n) is 3.48. The number of nitrogens with zero attached hydrogens (tertiary/aromatic N) is 4. The van der Waals surface area contributed by atoms with Crippen LogP contribution < -0.4 is 0 Å². The first-order valence-electron chi connectivity index (χ1n) is 6.69. The number of rotatable bonds is 1. The minimum Gasteiger partial charge on any atom is -0.493 e. The standard InChI is InChI=1S/C15H7Cl2F3N4O/c1-6-2-11(25)22-14-12(6)10(5-21)23-24(14)13-8(16)3-7(4-9(13)17)15(18,19)20/h2-4H,1H3,(H,22,25). The Hall–Kier alpha value is -2.50. The average molecular weight is 387 g/mol. The highest BCUT2D eigenvalue weighted by Crippen LogP contribution is 2.38. The van der Waals surface area contributed by atoms with Gasteiger partial charge in [0.2, 0.25) is 5.88 Å². The Balaban J connectivity index is 2.37. The van der Waals surface area contributed by atoms with Gasteiger partial charge in [0, 0.05) is 6.07 Å². The highest BCUT2D eigenvalue weighted by atomic mass is 35.5. The molecule has 1 aromatic carbocycles. The van der Waals surface area contributed by atoms with Crippen molar-refractivity contribution >= 4 is 34.2 Å². The van der Waals surface area contributed by atoms with Crippen LogP contribution in [0.3, 0.4) is 0 Å². The van der Waals surface area contributed by atoms with E-state index in [0.717, 1.165) is 4.68 Å². The van der Waals surface area contributed by atoms with Gasteiger partial charge in [-0.25, -0.2) is 4.68 Å². The molecular weight excluding hydrogens is 380 g/mol. The van der Waals surface area contributed by atoms with E-state index >= 15 is 0 Å². The highest BCUT2D eigenvalue weighted by molar-refractivity contribution is 6.38. The van der Waals surface area contributed by atoms with Gasteiger partial charge in [0.05, 0.1) is 21.0 Å². The van der Waals surface area contributed by atoms with Crippen molar-refractivity contribution in [2.75, 3.05) is 0 Å². The summed E-state index contributed by atoms with van der Waals surface area (Å²) in [7, 11) is 0. The number of aryl methyl sites for hydroxylation is 1. The zero-order valence-electron chi connectivity index (χ0n) is 12.4. The molecule has 0 aliphatic carbocycles. The van der Waals surface area contributed by atoms with Gasteiger partial charge in [-0.05, 0) is 24.6 Å². The Morgan fingerprint density at radius 2 is 1.80 bits per heavy atom. The molecule has 0 atom stereocenters. The van der Waals surface area contributed by atoms with E-state index in [2.05, 4.69) is 10.1 Å². The van der Waals surface area contributed by atoms with Crippen LogP contribution in [0.25, 0.3) is 16.7 Å². The van der Waals surface area contributed by atoms with E-state index < -0.39 is 11.7 Å². The Bertz CT molecular complexity index is 1030. The van der Waals surface area contributed by atoms with Gasteiger partial charge in [0.1, 0.15) is 11.8 Å². The SMILES string of the molecule is Cc1cc(O)nc2c1c(C#N)nn2-c1c(Cl)cc(C(F)(F)F)cc1Cl. The topological polar surface area (TPSA) is 74.7 Å². The summed E-state index contributed by atoms with van der Waals surface area (Å²) in [5, 5.41) is 22.7. The summed E-state index contributed by atoms with van der Waals surface area (Å²) in [6.45, 7) is 1.63. The van der Waals surface area contributed by atoms with Crippen molar-refractivity contribution in [2.45, 2.75) is 13.1 Å². The van der Waals surface area contributed by atoms with Crippen molar-refractivity contribution in [3.63, 3.8) is 0 Å². The van der Waals surface area contributed by atoms with Gasteiger partial charge in [0.25, 0.3) is 0 Å². The van der Waals surface area contributed by atoms with Gasteiger partial charge >= 0.3 is 6.18 Å². The summed E-state index contributed by atoms with van der Waals surface area (Å²) in [6.07, 6.45) is -4.62. The van der Waals surface area contributed by atoms with Gasteiger partial charge in [-0.1, -0.05) is 23.2 Å². The second-order valence-electron chi connectivity index (χ2n) is 5.15. The molecule has 128 valence electrons. The summed E-state index contributed by atoms with van der Waals surface area (Å²) < 4.78 is 39.7. The van der Waals surface area contributed by atoms with E-state index in [0.29, 0.717) is 23.1 Å². The van der Waals surface area contributed by atoms with E-state index in [1.807, 2.05) is 6.07 Å². The molecule has 0 saturated heterocycles. The molecule has 0 aliphatic rings. The summed E-state index contributed by atoms with van der Waals surface area (Å²) in [4.78, 5) is 3.90. The molecule has 5 nitrogen and oxygen atoms in total. The molecule has 0 bridgehead atoms. The molecule has 25 heavy (non-hydrogen) atoms. The van der Waals surface area contributed by atoms with Crippen molar-refractivity contribution in [2.24, 2.45) is 0 Å². The van der Waals surface area contributed by atoms with Crippen LogP contribution in [0.2, 0.25) is 10.0 Å². The maximum atomic E-state index is 12.9. The minimum absolute atomic E-state index is 0.0213. The van der Waals surface area contributed by atoms with E-state index in [-0.39, 0.29) is 33.0 Å². The molecule has 3 aromatic rings. The van der Waals surface area contributed by atoms with Crippen molar-refractivity contribution in [3.05, 3.63) is 45.1 Å². The van der Waals surface area contributed by atoms with Crippen molar-refractivity contribution in [1.29, 1.82) is 5.26 Å². The molecule has 0 saturated carbocycles. The van der Waals surface area contributed by atoms with E-state index in [1.54, 1.807) is 6.92 Å². The largest absolute Gasteiger partial charge is 0.493 e. The predicted molar refractivity (Wildman–Crippen MR) is 85.0 cm³/mol. The molecule has 0 amide bonds. The quantitative estimate of drug-likeness (QED) is 0.661. The van der Waals surface area contributed by atoms with Crippen LogP contribution in [-0.2, 0) is 6.18 Å². The fourth-order valence-electron chi connectivity index (χ4n) is 2.45. The van der Waals surface area contributed by atoms with Gasteiger partial charge in [-0.2, -0.15) is 28.5 Å². The Labute approximate surface area is 148 Å². The summed E-state index contributed by atoms with van der Waals surface area (Å²) in [5.41, 5.74) is -0.537. The molecule has 0 unspecified atom stereocenters. The van der Waals surface area contributed by atoms with Crippen LogP contribution in [0.4, 0.5) is 13.2 Å². The number of alkyl halides is 3. The molecule has 0 radical (unpaired) electrons. The first-order valence-corrected chi connectivity index (χ1v) is 7.45. The lowest BCUT2D eigenvalue weighted by Gasteiger charge is -2.12. The van der Waals surface area contributed by atoms with Gasteiger partial charge < -0.3 is 5.11 Å². The van der Waals surface area contributed by atoms with Crippen molar-refractivity contribution < 1.29 is 18.3 Å². The second-order valence-corrected chi connectivity index (χ2v) is 5.97. The predicted octanol–water partition coefficient (Wildman–Crippen LogP) is 4.63. The summed E-state index contributed by atoms with van der Waals surface area (Å²) >= 11 is 12.0. The molecule has 10 heteroatoms. The summed E-state index contributed by atoms with van der Waals surface area (Å²) in [5.74, 6) is -0.338. The number of pyridine rings is 1. The van der Waals surface area contributed by atoms with Gasteiger partial charge in [-0.3, -0.25) is 0 Å². The third kappa shape index (κ3) is 2.86. The van der Waals surface area contributed by atoms with Crippen molar-refractivity contribution in [3.8, 4) is 17.6 Å². The molecule has 2 heterocycles. The smallest absolute Gasteiger partial charge is 0.416 e. The van der Waals surface area contributed by atoms with E-state index in [9.17, 15) is 23.5 Å². The maximum Gasteiger partial charge on any atom is 0.416 e. The zero-order valence-corrected chi connectivity index (χ0v) is 13.9. The number of fused-ring (bicyclic) bond motifs is 1. The molecule has 1 N–H and O–H groups in total. The highest BCUT2D eigenvalue weighted by Gasteiger charge is 2.32.